The van der Waals surface area contributed by atoms with E-state index in [1.807, 2.05) is 24.3 Å². The van der Waals surface area contributed by atoms with Gasteiger partial charge in [-0.1, -0.05) is 23.7 Å². The van der Waals surface area contributed by atoms with Crippen LogP contribution in [0.3, 0.4) is 0 Å². The fraction of sp³-hybridized carbons (Fsp3) is 0.154. The highest BCUT2D eigenvalue weighted by Crippen LogP contribution is 2.30. The molecule has 2 nitrogen and oxygen atoms in total. The first-order chi connectivity index (χ1) is 8.70. The lowest BCUT2D eigenvalue weighted by molar-refractivity contribution is 0.299. The molecule has 0 atom stereocenters. The largest absolute Gasteiger partial charge is 0.485 e. The lowest BCUT2D eigenvalue weighted by Crippen LogP contribution is -2.00. The summed E-state index contributed by atoms with van der Waals surface area (Å²) >= 11 is 15.3. The van der Waals surface area contributed by atoms with Gasteiger partial charge in [0.2, 0.25) is 0 Å². The molecule has 0 aliphatic rings. The standard InChI is InChI=1S/C13H10BrCl2NO/c14-10-4-5-11(17-7-10)8-18-13-9(6-15)2-1-3-12(13)16/h1-5,7H,6,8H2. The van der Waals surface area contributed by atoms with Gasteiger partial charge in [0, 0.05) is 16.2 Å². The van der Waals surface area contributed by atoms with Crippen LogP contribution in [0.15, 0.2) is 41.0 Å². The van der Waals surface area contributed by atoms with Crippen molar-refractivity contribution >= 4 is 39.1 Å². The number of pyridine rings is 1. The quantitative estimate of drug-likeness (QED) is 0.741. The van der Waals surface area contributed by atoms with E-state index in [1.165, 1.54) is 0 Å². The minimum Gasteiger partial charge on any atom is -0.485 e. The van der Waals surface area contributed by atoms with Crippen molar-refractivity contribution in [2.75, 3.05) is 0 Å². The number of ether oxygens (including phenoxy) is 1. The minimum atomic E-state index is 0.362. The second-order valence-electron chi connectivity index (χ2n) is 3.62. The molecule has 0 unspecified atom stereocenters. The lowest BCUT2D eigenvalue weighted by Gasteiger charge is -2.11. The first kappa shape index (κ1) is 13.7. The van der Waals surface area contributed by atoms with Crippen molar-refractivity contribution in [2.45, 2.75) is 12.5 Å². The topological polar surface area (TPSA) is 22.1 Å². The van der Waals surface area contributed by atoms with Crippen molar-refractivity contribution in [2.24, 2.45) is 0 Å². The van der Waals surface area contributed by atoms with Crippen LogP contribution in [0.2, 0.25) is 5.02 Å². The summed E-state index contributed by atoms with van der Waals surface area (Å²) in [4.78, 5) is 4.23. The number of aromatic nitrogens is 1. The molecule has 0 fully saturated rings. The molecule has 0 aliphatic heterocycles. The molecule has 0 saturated heterocycles. The molecule has 0 radical (unpaired) electrons. The highest BCUT2D eigenvalue weighted by molar-refractivity contribution is 9.10. The van der Waals surface area contributed by atoms with E-state index in [2.05, 4.69) is 20.9 Å². The van der Waals surface area contributed by atoms with E-state index in [-0.39, 0.29) is 0 Å². The van der Waals surface area contributed by atoms with E-state index in [1.54, 1.807) is 12.3 Å². The second kappa shape index (κ2) is 6.41. The number of rotatable bonds is 4. The van der Waals surface area contributed by atoms with Gasteiger partial charge in [-0.2, -0.15) is 0 Å². The number of hydrogen-bond donors (Lipinski definition) is 0. The van der Waals surface area contributed by atoms with Crippen LogP contribution in [0.5, 0.6) is 5.75 Å². The van der Waals surface area contributed by atoms with Gasteiger partial charge < -0.3 is 4.74 Å². The Kier molecular flexibility index (Phi) is 4.87. The van der Waals surface area contributed by atoms with Crippen LogP contribution < -0.4 is 4.74 Å². The average Bonchev–Trinajstić information content (AvgIpc) is 2.39. The van der Waals surface area contributed by atoms with Crippen LogP contribution >= 0.6 is 39.1 Å². The third-order valence-corrected chi connectivity index (χ3v) is 3.40. The summed E-state index contributed by atoms with van der Waals surface area (Å²) in [6.07, 6.45) is 1.73. The Morgan fingerprint density at radius 3 is 2.72 bits per heavy atom. The van der Waals surface area contributed by atoms with Gasteiger partial charge in [0.1, 0.15) is 12.4 Å². The molecule has 0 amide bonds. The Balaban J connectivity index is 2.12. The molecule has 0 spiro atoms. The number of hydrogen-bond acceptors (Lipinski definition) is 2. The normalized spacial score (nSPS) is 10.4. The van der Waals surface area contributed by atoms with Gasteiger partial charge in [-0.05, 0) is 34.1 Å². The van der Waals surface area contributed by atoms with Crippen molar-refractivity contribution in [1.29, 1.82) is 0 Å². The highest BCUT2D eigenvalue weighted by atomic mass is 79.9. The molecule has 1 aromatic heterocycles. The third kappa shape index (κ3) is 3.37. The van der Waals surface area contributed by atoms with Gasteiger partial charge in [0.15, 0.2) is 0 Å². The first-order valence-corrected chi connectivity index (χ1v) is 6.98. The SMILES string of the molecule is ClCc1cccc(Cl)c1OCc1ccc(Br)cn1. The number of halogens is 3. The average molecular weight is 347 g/mol. The Morgan fingerprint density at radius 1 is 1.22 bits per heavy atom. The molecule has 0 bridgehead atoms. The Labute approximate surface area is 124 Å². The van der Waals surface area contributed by atoms with Gasteiger partial charge in [0.25, 0.3) is 0 Å². The summed E-state index contributed by atoms with van der Waals surface area (Å²) in [6.45, 7) is 0.362. The predicted octanol–water partition coefficient (Wildman–Crippen LogP) is 4.82. The molecule has 5 heteroatoms. The molecule has 2 rings (SSSR count). The van der Waals surface area contributed by atoms with E-state index in [0.29, 0.717) is 23.3 Å². The molecule has 0 aliphatic carbocycles. The summed E-state index contributed by atoms with van der Waals surface area (Å²) in [6, 6.07) is 9.33. The van der Waals surface area contributed by atoms with Crippen LogP contribution in [-0.2, 0) is 12.5 Å². The first-order valence-electron chi connectivity index (χ1n) is 5.27. The minimum absolute atomic E-state index is 0.362. The van der Waals surface area contributed by atoms with Crippen LogP contribution in [0.25, 0.3) is 0 Å². The van der Waals surface area contributed by atoms with E-state index >= 15 is 0 Å². The molecule has 1 heterocycles. The van der Waals surface area contributed by atoms with Gasteiger partial charge >= 0.3 is 0 Å². The number of para-hydroxylation sites is 1. The predicted molar refractivity (Wildman–Crippen MR) is 77.3 cm³/mol. The maximum atomic E-state index is 6.09. The zero-order valence-electron chi connectivity index (χ0n) is 9.37. The monoisotopic (exact) mass is 345 g/mol. The summed E-state index contributed by atoms with van der Waals surface area (Å²) in [7, 11) is 0. The molecule has 2 aromatic rings. The van der Waals surface area contributed by atoms with Crippen LogP contribution in [0, 0.1) is 0 Å². The van der Waals surface area contributed by atoms with Gasteiger partial charge in [-0.25, -0.2) is 0 Å². The lowest BCUT2D eigenvalue weighted by atomic mass is 10.2. The Hall–Kier alpha value is -0.770. The zero-order chi connectivity index (χ0) is 13.0. The molecule has 94 valence electrons. The molecule has 0 saturated carbocycles. The number of alkyl halides is 1. The highest BCUT2D eigenvalue weighted by Gasteiger charge is 2.08. The summed E-state index contributed by atoms with van der Waals surface area (Å²) in [5.74, 6) is 0.989. The van der Waals surface area contributed by atoms with Crippen molar-refractivity contribution in [1.82, 2.24) is 4.98 Å². The summed E-state index contributed by atoms with van der Waals surface area (Å²) < 4.78 is 6.63. The smallest absolute Gasteiger partial charge is 0.142 e. The zero-order valence-corrected chi connectivity index (χ0v) is 12.5. The van der Waals surface area contributed by atoms with Crippen molar-refractivity contribution in [3.63, 3.8) is 0 Å². The van der Waals surface area contributed by atoms with E-state index in [9.17, 15) is 0 Å². The van der Waals surface area contributed by atoms with Crippen molar-refractivity contribution in [3.8, 4) is 5.75 Å². The number of benzene rings is 1. The maximum Gasteiger partial charge on any atom is 0.142 e. The van der Waals surface area contributed by atoms with Crippen molar-refractivity contribution in [3.05, 3.63) is 57.3 Å². The van der Waals surface area contributed by atoms with Crippen LogP contribution in [-0.4, -0.2) is 4.98 Å². The number of nitrogens with zero attached hydrogens (tertiary/aromatic N) is 1. The molecule has 18 heavy (non-hydrogen) atoms. The molecule has 1 aromatic carbocycles. The fourth-order valence-corrected chi connectivity index (χ4v) is 2.15. The van der Waals surface area contributed by atoms with E-state index < -0.39 is 0 Å². The van der Waals surface area contributed by atoms with Crippen LogP contribution in [0.1, 0.15) is 11.3 Å². The third-order valence-electron chi connectivity index (χ3n) is 2.35. The maximum absolute atomic E-state index is 6.09. The molecular weight excluding hydrogens is 337 g/mol. The van der Waals surface area contributed by atoms with E-state index in [4.69, 9.17) is 27.9 Å². The van der Waals surface area contributed by atoms with Gasteiger partial charge in [-0.15, -0.1) is 11.6 Å². The fourth-order valence-electron chi connectivity index (χ4n) is 1.46. The summed E-state index contributed by atoms with van der Waals surface area (Å²) in [5, 5.41) is 0.560. The molecular formula is C13H10BrCl2NO. The molecule has 0 N–H and O–H groups in total. The Morgan fingerprint density at radius 2 is 2.06 bits per heavy atom. The second-order valence-corrected chi connectivity index (χ2v) is 5.21. The summed E-state index contributed by atoms with van der Waals surface area (Å²) in [5.41, 5.74) is 1.71. The Bertz CT molecular complexity index is 531. The van der Waals surface area contributed by atoms with Crippen molar-refractivity contribution < 1.29 is 4.74 Å². The van der Waals surface area contributed by atoms with Crippen LogP contribution in [0.4, 0.5) is 0 Å². The van der Waals surface area contributed by atoms with Gasteiger partial charge in [0.05, 0.1) is 16.6 Å². The van der Waals surface area contributed by atoms with E-state index in [0.717, 1.165) is 15.7 Å². The van der Waals surface area contributed by atoms with Gasteiger partial charge in [-0.3, -0.25) is 4.98 Å².